The van der Waals surface area contributed by atoms with Gasteiger partial charge < -0.3 is 4.74 Å². The van der Waals surface area contributed by atoms with Crippen molar-refractivity contribution in [3.63, 3.8) is 0 Å². The van der Waals surface area contributed by atoms with Crippen LogP contribution in [0.5, 0.6) is 11.5 Å². The Balaban J connectivity index is 2.20. The van der Waals surface area contributed by atoms with Crippen molar-refractivity contribution in [1.29, 1.82) is 0 Å². The molecule has 2 aromatic rings. The third-order valence-corrected chi connectivity index (χ3v) is 2.64. The molecule has 0 aliphatic carbocycles. The van der Waals surface area contributed by atoms with Crippen LogP contribution in [0.2, 0.25) is 0 Å². The lowest BCUT2D eigenvalue weighted by Crippen LogP contribution is -2.21. The summed E-state index contributed by atoms with van der Waals surface area (Å²) in [5.74, 6) is 0.535. The van der Waals surface area contributed by atoms with E-state index in [4.69, 9.17) is 4.74 Å². The van der Waals surface area contributed by atoms with Gasteiger partial charge in [0.15, 0.2) is 5.75 Å². The maximum absolute atomic E-state index is 12.6. The Bertz CT molecular complexity index is 597. The zero-order valence-electron chi connectivity index (χ0n) is 11.4. The van der Waals surface area contributed by atoms with Crippen LogP contribution in [0.15, 0.2) is 36.7 Å². The van der Waals surface area contributed by atoms with E-state index in [9.17, 15) is 13.2 Å². The predicted octanol–water partition coefficient (Wildman–Crippen LogP) is 4.45. The maximum Gasteiger partial charge on any atom is 0.416 e. The minimum Gasteiger partial charge on any atom is -0.454 e. The van der Waals surface area contributed by atoms with Crippen LogP contribution < -0.4 is 4.74 Å². The Morgan fingerprint density at radius 1 is 1.10 bits per heavy atom. The van der Waals surface area contributed by atoms with Crippen LogP contribution in [0.25, 0.3) is 0 Å². The highest BCUT2D eigenvalue weighted by atomic mass is 19.4. The first-order valence-corrected chi connectivity index (χ1v) is 6.06. The van der Waals surface area contributed by atoms with E-state index >= 15 is 0 Å². The molecule has 108 valence electrons. The molecule has 0 aliphatic rings. The van der Waals surface area contributed by atoms with Crippen LogP contribution in [0.1, 0.15) is 26.3 Å². The molecule has 1 aromatic heterocycles. The molecule has 0 saturated heterocycles. The van der Waals surface area contributed by atoms with E-state index in [1.807, 2.05) is 20.8 Å². The van der Waals surface area contributed by atoms with E-state index in [0.717, 1.165) is 12.1 Å². The number of alkyl halides is 3. The van der Waals surface area contributed by atoms with E-state index in [-0.39, 0.29) is 11.3 Å². The third kappa shape index (κ3) is 3.31. The average molecular weight is 284 g/mol. The van der Waals surface area contributed by atoms with Crippen molar-refractivity contribution in [2.24, 2.45) is 0 Å². The number of ether oxygens (including phenoxy) is 1. The minimum atomic E-state index is -4.38. The Labute approximate surface area is 115 Å². The number of halogens is 3. The Kier molecular flexibility index (Phi) is 3.50. The molecular formula is C14H15F3N2O. The molecular weight excluding hydrogens is 269 g/mol. The van der Waals surface area contributed by atoms with Crippen LogP contribution in [0, 0.1) is 0 Å². The third-order valence-electron chi connectivity index (χ3n) is 2.64. The van der Waals surface area contributed by atoms with Gasteiger partial charge in [-0.1, -0.05) is 6.07 Å². The number of aromatic nitrogens is 2. The lowest BCUT2D eigenvalue weighted by Gasteiger charge is -2.18. The van der Waals surface area contributed by atoms with Gasteiger partial charge in [0.05, 0.1) is 23.5 Å². The lowest BCUT2D eigenvalue weighted by molar-refractivity contribution is -0.137. The molecule has 0 aliphatic heterocycles. The second-order valence-electron chi connectivity index (χ2n) is 5.42. The van der Waals surface area contributed by atoms with Crippen LogP contribution in [0.4, 0.5) is 13.2 Å². The standard InChI is InChI=1S/C14H15F3N2O/c1-13(2,3)19-9-12(8-18-19)20-11-6-4-5-10(7-11)14(15,16)17/h4-9H,1-3H3. The molecule has 3 nitrogen and oxygen atoms in total. The monoisotopic (exact) mass is 284 g/mol. The fourth-order valence-electron chi connectivity index (χ4n) is 1.60. The van der Waals surface area contributed by atoms with Crippen molar-refractivity contribution < 1.29 is 17.9 Å². The molecule has 2 rings (SSSR count). The highest BCUT2D eigenvalue weighted by Gasteiger charge is 2.30. The van der Waals surface area contributed by atoms with Gasteiger partial charge in [-0.05, 0) is 39.0 Å². The molecule has 0 spiro atoms. The topological polar surface area (TPSA) is 27.1 Å². The van der Waals surface area contributed by atoms with Gasteiger partial charge in [-0.3, -0.25) is 4.68 Å². The number of rotatable bonds is 2. The number of hydrogen-bond acceptors (Lipinski definition) is 2. The molecule has 0 bridgehead atoms. The van der Waals surface area contributed by atoms with E-state index in [1.54, 1.807) is 10.9 Å². The zero-order valence-corrected chi connectivity index (χ0v) is 11.4. The fourth-order valence-corrected chi connectivity index (χ4v) is 1.60. The molecule has 0 saturated carbocycles. The van der Waals surface area contributed by atoms with Crippen molar-refractivity contribution >= 4 is 0 Å². The van der Waals surface area contributed by atoms with Crippen LogP contribution in [-0.2, 0) is 11.7 Å². The number of nitrogens with zero attached hydrogens (tertiary/aromatic N) is 2. The molecule has 0 atom stereocenters. The van der Waals surface area contributed by atoms with Crippen molar-refractivity contribution in [3.8, 4) is 11.5 Å². The summed E-state index contributed by atoms with van der Waals surface area (Å²) in [6, 6.07) is 4.76. The molecule has 20 heavy (non-hydrogen) atoms. The summed E-state index contributed by atoms with van der Waals surface area (Å²) in [4.78, 5) is 0. The maximum atomic E-state index is 12.6. The average Bonchev–Trinajstić information content (AvgIpc) is 2.76. The van der Waals surface area contributed by atoms with Crippen molar-refractivity contribution in [2.45, 2.75) is 32.5 Å². The van der Waals surface area contributed by atoms with E-state index in [0.29, 0.717) is 5.75 Å². The van der Waals surface area contributed by atoms with E-state index in [2.05, 4.69) is 5.10 Å². The van der Waals surface area contributed by atoms with Crippen LogP contribution in [-0.4, -0.2) is 9.78 Å². The molecule has 1 aromatic carbocycles. The van der Waals surface area contributed by atoms with Crippen LogP contribution >= 0.6 is 0 Å². The summed E-state index contributed by atoms with van der Waals surface area (Å²) >= 11 is 0. The first kappa shape index (κ1) is 14.4. The first-order valence-electron chi connectivity index (χ1n) is 6.06. The van der Waals surface area contributed by atoms with Crippen molar-refractivity contribution in [2.75, 3.05) is 0 Å². The Morgan fingerprint density at radius 3 is 2.35 bits per heavy atom. The lowest BCUT2D eigenvalue weighted by atomic mass is 10.1. The van der Waals surface area contributed by atoms with Gasteiger partial charge in [0.2, 0.25) is 0 Å². The SMILES string of the molecule is CC(C)(C)n1cc(Oc2cccc(C(F)(F)F)c2)cn1. The van der Waals surface area contributed by atoms with E-state index < -0.39 is 11.7 Å². The molecule has 0 N–H and O–H groups in total. The summed E-state index contributed by atoms with van der Waals surface area (Å²) in [6.45, 7) is 5.90. The van der Waals surface area contributed by atoms with Gasteiger partial charge in [-0.2, -0.15) is 18.3 Å². The van der Waals surface area contributed by atoms with Gasteiger partial charge >= 0.3 is 6.18 Å². The van der Waals surface area contributed by atoms with Gasteiger partial charge in [0.25, 0.3) is 0 Å². The summed E-state index contributed by atoms with van der Waals surface area (Å²) in [7, 11) is 0. The Hall–Kier alpha value is -1.98. The molecule has 6 heteroatoms. The second kappa shape index (κ2) is 4.85. The minimum absolute atomic E-state index is 0.133. The summed E-state index contributed by atoms with van der Waals surface area (Å²) in [6.07, 6.45) is -1.25. The zero-order chi connectivity index (χ0) is 15.0. The summed E-state index contributed by atoms with van der Waals surface area (Å²) < 4.78 is 44.9. The normalized spacial score (nSPS) is 12.5. The van der Waals surface area contributed by atoms with E-state index in [1.165, 1.54) is 18.3 Å². The Morgan fingerprint density at radius 2 is 1.80 bits per heavy atom. The number of benzene rings is 1. The second-order valence-corrected chi connectivity index (χ2v) is 5.42. The van der Waals surface area contributed by atoms with Gasteiger partial charge in [0, 0.05) is 0 Å². The van der Waals surface area contributed by atoms with Crippen molar-refractivity contribution in [3.05, 3.63) is 42.2 Å². The van der Waals surface area contributed by atoms with Crippen LogP contribution in [0.3, 0.4) is 0 Å². The van der Waals surface area contributed by atoms with Crippen molar-refractivity contribution in [1.82, 2.24) is 9.78 Å². The highest BCUT2D eigenvalue weighted by molar-refractivity contribution is 5.33. The quantitative estimate of drug-likeness (QED) is 0.814. The molecule has 0 unspecified atom stereocenters. The van der Waals surface area contributed by atoms with Gasteiger partial charge in [0.1, 0.15) is 5.75 Å². The largest absolute Gasteiger partial charge is 0.454 e. The smallest absolute Gasteiger partial charge is 0.416 e. The summed E-state index contributed by atoms with van der Waals surface area (Å²) in [5, 5.41) is 4.12. The van der Waals surface area contributed by atoms with Gasteiger partial charge in [-0.15, -0.1) is 0 Å². The molecule has 0 amide bonds. The first-order chi connectivity index (χ1) is 9.16. The predicted molar refractivity (Wildman–Crippen MR) is 68.7 cm³/mol. The van der Waals surface area contributed by atoms with Gasteiger partial charge in [-0.25, -0.2) is 0 Å². The molecule has 0 radical (unpaired) electrons. The molecule has 1 heterocycles. The number of hydrogen-bond donors (Lipinski definition) is 0. The summed E-state index contributed by atoms with van der Waals surface area (Å²) in [5.41, 5.74) is -0.951. The highest BCUT2D eigenvalue weighted by Crippen LogP contribution is 2.32. The molecule has 0 fully saturated rings. The fraction of sp³-hybridized carbons (Fsp3) is 0.357.